The van der Waals surface area contributed by atoms with Gasteiger partial charge in [0.2, 0.25) is 0 Å². The van der Waals surface area contributed by atoms with Gasteiger partial charge in [-0.15, -0.1) is 0 Å². The number of aromatic nitrogens is 2. The van der Waals surface area contributed by atoms with Crippen LogP contribution in [-0.2, 0) is 6.42 Å². The van der Waals surface area contributed by atoms with E-state index in [-0.39, 0.29) is 0 Å². The number of benzene rings is 1. The predicted octanol–water partition coefficient (Wildman–Crippen LogP) is 4.22. The highest BCUT2D eigenvalue weighted by atomic mass is 32.1. The zero-order valence-corrected chi connectivity index (χ0v) is 11.3. The maximum Gasteiger partial charge on any atom is 0.182 e. The second-order valence-electron chi connectivity index (χ2n) is 4.52. The Morgan fingerprint density at radius 1 is 1.24 bits per heavy atom. The first kappa shape index (κ1) is 12.1. The Morgan fingerprint density at radius 2 is 1.88 bits per heavy atom. The number of imidazole rings is 1. The van der Waals surface area contributed by atoms with Gasteiger partial charge in [0.1, 0.15) is 0 Å². The minimum atomic E-state index is 0.564. The van der Waals surface area contributed by atoms with E-state index in [1.165, 1.54) is 11.3 Å². The summed E-state index contributed by atoms with van der Waals surface area (Å²) in [4.78, 5) is 3.10. The van der Waals surface area contributed by atoms with Crippen molar-refractivity contribution in [3.8, 4) is 5.69 Å². The monoisotopic (exact) mass is 246 g/mol. The highest BCUT2D eigenvalue weighted by Gasteiger charge is 2.05. The van der Waals surface area contributed by atoms with Gasteiger partial charge in [0.05, 0.1) is 0 Å². The summed E-state index contributed by atoms with van der Waals surface area (Å²) < 4.78 is 2.86. The van der Waals surface area contributed by atoms with E-state index in [0.717, 1.165) is 16.9 Å². The Labute approximate surface area is 107 Å². The van der Waals surface area contributed by atoms with Crippen LogP contribution in [-0.4, -0.2) is 9.55 Å². The summed E-state index contributed by atoms with van der Waals surface area (Å²) in [6.07, 6.45) is 2.96. The van der Waals surface area contributed by atoms with Crippen molar-refractivity contribution in [2.24, 2.45) is 0 Å². The van der Waals surface area contributed by atoms with E-state index < -0.39 is 0 Å². The summed E-state index contributed by atoms with van der Waals surface area (Å²) in [5.74, 6) is 0.564. The number of aryl methyl sites for hydroxylation is 1. The Kier molecular flexibility index (Phi) is 3.48. The van der Waals surface area contributed by atoms with Gasteiger partial charge in [-0.05, 0) is 42.3 Å². The largest absolute Gasteiger partial charge is 0.337 e. The Hall–Kier alpha value is -1.35. The smallest absolute Gasteiger partial charge is 0.182 e. The SMILES string of the molecule is CCc1c[nH]c(=S)n1-c1ccc(C(C)C)cc1. The van der Waals surface area contributed by atoms with Gasteiger partial charge in [0.25, 0.3) is 0 Å². The van der Waals surface area contributed by atoms with Crippen LogP contribution in [0.3, 0.4) is 0 Å². The molecule has 0 saturated heterocycles. The Morgan fingerprint density at radius 3 is 2.41 bits per heavy atom. The zero-order valence-electron chi connectivity index (χ0n) is 10.5. The number of rotatable bonds is 3. The van der Waals surface area contributed by atoms with Gasteiger partial charge in [-0.3, -0.25) is 4.57 Å². The van der Waals surface area contributed by atoms with Crippen LogP contribution >= 0.6 is 12.2 Å². The maximum absolute atomic E-state index is 5.31. The first-order valence-corrected chi connectivity index (χ1v) is 6.44. The molecule has 0 fully saturated rings. The minimum Gasteiger partial charge on any atom is -0.337 e. The molecule has 0 aliphatic heterocycles. The van der Waals surface area contributed by atoms with Crippen molar-refractivity contribution in [1.29, 1.82) is 0 Å². The zero-order chi connectivity index (χ0) is 12.4. The van der Waals surface area contributed by atoms with E-state index in [1.54, 1.807) is 0 Å². The lowest BCUT2D eigenvalue weighted by Gasteiger charge is -2.09. The van der Waals surface area contributed by atoms with Crippen molar-refractivity contribution < 1.29 is 0 Å². The third-order valence-electron chi connectivity index (χ3n) is 3.03. The number of hydrogen-bond donors (Lipinski definition) is 1. The summed E-state index contributed by atoms with van der Waals surface area (Å²) in [6, 6.07) is 8.62. The second kappa shape index (κ2) is 4.88. The molecule has 0 radical (unpaired) electrons. The fourth-order valence-electron chi connectivity index (χ4n) is 1.96. The van der Waals surface area contributed by atoms with Crippen LogP contribution in [0.2, 0.25) is 0 Å². The molecule has 2 nitrogen and oxygen atoms in total. The van der Waals surface area contributed by atoms with Gasteiger partial charge < -0.3 is 4.98 Å². The Balaban J connectivity index is 2.46. The number of nitrogens with zero attached hydrogens (tertiary/aromatic N) is 1. The summed E-state index contributed by atoms with van der Waals surface area (Å²) in [5.41, 5.74) is 3.71. The van der Waals surface area contributed by atoms with Crippen LogP contribution < -0.4 is 0 Å². The maximum atomic E-state index is 5.31. The number of nitrogens with one attached hydrogen (secondary N) is 1. The lowest BCUT2D eigenvalue weighted by Crippen LogP contribution is -1.99. The van der Waals surface area contributed by atoms with E-state index in [4.69, 9.17) is 12.2 Å². The molecule has 1 aromatic carbocycles. The van der Waals surface area contributed by atoms with E-state index in [0.29, 0.717) is 5.92 Å². The summed E-state index contributed by atoms with van der Waals surface area (Å²) >= 11 is 5.31. The van der Waals surface area contributed by atoms with Gasteiger partial charge >= 0.3 is 0 Å². The highest BCUT2D eigenvalue weighted by molar-refractivity contribution is 7.71. The molecule has 2 rings (SSSR count). The van der Waals surface area contributed by atoms with E-state index in [2.05, 4.69) is 54.6 Å². The molecule has 0 spiro atoms. The molecule has 2 aromatic rings. The highest BCUT2D eigenvalue weighted by Crippen LogP contribution is 2.18. The lowest BCUT2D eigenvalue weighted by molar-refractivity contribution is 0.862. The second-order valence-corrected chi connectivity index (χ2v) is 4.91. The molecule has 17 heavy (non-hydrogen) atoms. The average Bonchev–Trinajstić information content (AvgIpc) is 2.70. The number of hydrogen-bond acceptors (Lipinski definition) is 1. The fourth-order valence-corrected chi connectivity index (χ4v) is 2.24. The molecular formula is C14H18N2S. The molecule has 0 amide bonds. The van der Waals surface area contributed by atoms with Crippen LogP contribution in [0.4, 0.5) is 0 Å². The summed E-state index contributed by atoms with van der Waals surface area (Å²) in [6.45, 7) is 6.54. The van der Waals surface area contributed by atoms with Crippen molar-refractivity contribution >= 4 is 12.2 Å². The molecule has 3 heteroatoms. The number of H-pyrrole nitrogens is 1. The van der Waals surface area contributed by atoms with E-state index >= 15 is 0 Å². The van der Waals surface area contributed by atoms with Crippen molar-refractivity contribution in [3.63, 3.8) is 0 Å². The molecule has 1 aromatic heterocycles. The number of aromatic amines is 1. The Bertz CT molecular complexity index is 546. The molecular weight excluding hydrogens is 228 g/mol. The van der Waals surface area contributed by atoms with Crippen LogP contribution in [0.5, 0.6) is 0 Å². The first-order valence-electron chi connectivity index (χ1n) is 6.03. The van der Waals surface area contributed by atoms with Crippen LogP contribution in [0.25, 0.3) is 5.69 Å². The third kappa shape index (κ3) is 2.34. The average molecular weight is 246 g/mol. The summed E-state index contributed by atoms with van der Waals surface area (Å²) in [5, 5.41) is 0. The standard InChI is InChI=1S/C14H18N2S/c1-4-12-9-15-14(17)16(12)13-7-5-11(6-8-13)10(2)3/h5-10H,4H2,1-3H3,(H,15,17). The molecule has 0 aliphatic rings. The van der Waals surface area contributed by atoms with E-state index in [9.17, 15) is 0 Å². The molecule has 1 N–H and O–H groups in total. The summed E-state index contributed by atoms with van der Waals surface area (Å²) in [7, 11) is 0. The van der Waals surface area contributed by atoms with Crippen molar-refractivity contribution in [1.82, 2.24) is 9.55 Å². The normalized spacial score (nSPS) is 11.1. The van der Waals surface area contributed by atoms with Crippen molar-refractivity contribution in [2.45, 2.75) is 33.1 Å². The van der Waals surface area contributed by atoms with Gasteiger partial charge in [-0.25, -0.2) is 0 Å². The van der Waals surface area contributed by atoms with Gasteiger partial charge in [-0.1, -0.05) is 32.9 Å². The fraction of sp³-hybridized carbons (Fsp3) is 0.357. The molecule has 0 atom stereocenters. The topological polar surface area (TPSA) is 20.7 Å². The first-order chi connectivity index (χ1) is 8.13. The van der Waals surface area contributed by atoms with Gasteiger partial charge in [0.15, 0.2) is 4.77 Å². The molecule has 90 valence electrons. The van der Waals surface area contributed by atoms with Crippen LogP contribution in [0.1, 0.15) is 37.9 Å². The molecule has 1 heterocycles. The molecule has 0 bridgehead atoms. The quantitative estimate of drug-likeness (QED) is 0.804. The predicted molar refractivity (Wildman–Crippen MR) is 74.4 cm³/mol. The van der Waals surface area contributed by atoms with Crippen molar-refractivity contribution in [3.05, 3.63) is 46.5 Å². The molecule has 0 saturated carbocycles. The van der Waals surface area contributed by atoms with Gasteiger partial charge in [-0.2, -0.15) is 0 Å². The third-order valence-corrected chi connectivity index (χ3v) is 3.33. The van der Waals surface area contributed by atoms with Gasteiger partial charge in [0, 0.05) is 17.6 Å². The molecule has 0 unspecified atom stereocenters. The lowest BCUT2D eigenvalue weighted by atomic mass is 10.0. The van der Waals surface area contributed by atoms with Crippen LogP contribution in [0, 0.1) is 4.77 Å². The minimum absolute atomic E-state index is 0.564. The van der Waals surface area contributed by atoms with Crippen molar-refractivity contribution in [2.75, 3.05) is 0 Å². The van der Waals surface area contributed by atoms with E-state index in [1.807, 2.05) is 6.20 Å². The molecule has 0 aliphatic carbocycles. The van der Waals surface area contributed by atoms with Crippen LogP contribution in [0.15, 0.2) is 30.5 Å².